The van der Waals surface area contributed by atoms with Crippen LogP contribution in [0.25, 0.3) is 0 Å². The average molecular weight is 263 g/mol. The second-order valence-corrected chi connectivity index (χ2v) is 4.70. The van der Waals surface area contributed by atoms with Crippen molar-refractivity contribution in [3.05, 3.63) is 29.8 Å². The molecule has 0 bridgehead atoms. The van der Waals surface area contributed by atoms with Gasteiger partial charge in [-0.1, -0.05) is 6.07 Å². The van der Waals surface area contributed by atoms with Gasteiger partial charge in [-0.05, 0) is 38.0 Å². The van der Waals surface area contributed by atoms with Crippen LogP contribution in [0.3, 0.4) is 0 Å². The van der Waals surface area contributed by atoms with Crippen molar-refractivity contribution < 1.29 is 19.4 Å². The molecule has 0 aliphatic carbocycles. The van der Waals surface area contributed by atoms with Crippen molar-refractivity contribution in [3.8, 4) is 5.75 Å². The Morgan fingerprint density at radius 2 is 2.26 bits per heavy atom. The largest absolute Gasteiger partial charge is 0.482 e. The molecule has 102 valence electrons. The maximum Gasteiger partial charge on any atom is 0.341 e. The average Bonchev–Trinajstić information content (AvgIpc) is 2.82. The molecule has 19 heavy (non-hydrogen) atoms. The van der Waals surface area contributed by atoms with Crippen molar-refractivity contribution in [2.24, 2.45) is 0 Å². The third kappa shape index (κ3) is 3.24. The highest BCUT2D eigenvalue weighted by molar-refractivity contribution is 5.95. The molecule has 1 aliphatic rings. The minimum Gasteiger partial charge on any atom is -0.482 e. The van der Waals surface area contributed by atoms with Gasteiger partial charge in [-0.3, -0.25) is 4.79 Å². The first-order valence-corrected chi connectivity index (χ1v) is 6.33. The van der Waals surface area contributed by atoms with Crippen molar-refractivity contribution in [1.82, 2.24) is 4.90 Å². The second-order valence-electron chi connectivity index (χ2n) is 4.70. The van der Waals surface area contributed by atoms with Gasteiger partial charge in [0.2, 0.25) is 0 Å². The lowest BCUT2D eigenvalue weighted by Gasteiger charge is -2.21. The van der Waals surface area contributed by atoms with E-state index in [1.165, 1.54) is 0 Å². The topological polar surface area (TPSA) is 66.8 Å². The molecular formula is C14H17NO4. The number of aliphatic carboxylic acids is 1. The maximum atomic E-state index is 12.3. The monoisotopic (exact) mass is 263 g/mol. The summed E-state index contributed by atoms with van der Waals surface area (Å²) in [4.78, 5) is 24.6. The van der Waals surface area contributed by atoms with E-state index in [4.69, 9.17) is 9.84 Å². The van der Waals surface area contributed by atoms with Crippen molar-refractivity contribution in [1.29, 1.82) is 0 Å². The zero-order valence-corrected chi connectivity index (χ0v) is 10.8. The Hall–Kier alpha value is -2.04. The van der Waals surface area contributed by atoms with E-state index < -0.39 is 12.6 Å². The van der Waals surface area contributed by atoms with Crippen LogP contribution in [-0.4, -0.2) is 41.1 Å². The van der Waals surface area contributed by atoms with E-state index in [9.17, 15) is 9.59 Å². The normalized spacial score (nSPS) is 18.4. The highest BCUT2D eigenvalue weighted by Gasteiger charge is 2.26. The highest BCUT2D eigenvalue weighted by Crippen LogP contribution is 2.21. The molecule has 5 heteroatoms. The van der Waals surface area contributed by atoms with Gasteiger partial charge in [0.1, 0.15) is 5.75 Å². The predicted molar refractivity (Wildman–Crippen MR) is 69.3 cm³/mol. The summed E-state index contributed by atoms with van der Waals surface area (Å²) < 4.78 is 5.08. The van der Waals surface area contributed by atoms with Crippen LogP contribution in [0.4, 0.5) is 0 Å². The SMILES string of the molecule is CC1CCCN1C(=O)c1cccc(OCC(=O)O)c1. The summed E-state index contributed by atoms with van der Waals surface area (Å²) >= 11 is 0. The molecule has 1 aliphatic heterocycles. The van der Waals surface area contributed by atoms with Gasteiger partial charge in [0.25, 0.3) is 5.91 Å². The van der Waals surface area contributed by atoms with Crippen LogP contribution < -0.4 is 4.74 Å². The number of amides is 1. The summed E-state index contributed by atoms with van der Waals surface area (Å²) in [7, 11) is 0. The summed E-state index contributed by atoms with van der Waals surface area (Å²) in [6.07, 6.45) is 2.06. The zero-order chi connectivity index (χ0) is 13.8. The van der Waals surface area contributed by atoms with E-state index in [-0.39, 0.29) is 11.9 Å². The number of rotatable bonds is 4. The van der Waals surface area contributed by atoms with Gasteiger partial charge in [-0.25, -0.2) is 4.79 Å². The molecule has 0 saturated carbocycles. The van der Waals surface area contributed by atoms with Crippen LogP contribution in [0.5, 0.6) is 5.75 Å². The second kappa shape index (κ2) is 5.73. The molecule has 0 radical (unpaired) electrons. The molecule has 0 spiro atoms. The summed E-state index contributed by atoms with van der Waals surface area (Å²) in [5.74, 6) is -0.657. The number of carboxylic acid groups (broad SMARTS) is 1. The fraction of sp³-hybridized carbons (Fsp3) is 0.429. The Morgan fingerprint density at radius 3 is 2.89 bits per heavy atom. The van der Waals surface area contributed by atoms with Crippen molar-refractivity contribution in [2.75, 3.05) is 13.2 Å². The van der Waals surface area contributed by atoms with Gasteiger partial charge in [0.15, 0.2) is 6.61 Å². The first-order chi connectivity index (χ1) is 9.08. The summed E-state index contributed by atoms with van der Waals surface area (Å²) in [6.45, 7) is 2.41. The number of nitrogens with zero attached hydrogens (tertiary/aromatic N) is 1. The Morgan fingerprint density at radius 1 is 1.47 bits per heavy atom. The van der Waals surface area contributed by atoms with Gasteiger partial charge in [0.05, 0.1) is 0 Å². The Balaban J connectivity index is 2.09. The molecule has 1 N–H and O–H groups in total. The Bertz CT molecular complexity index is 486. The molecule has 1 unspecified atom stereocenters. The lowest BCUT2D eigenvalue weighted by Crippen LogP contribution is -2.33. The molecule has 1 fully saturated rings. The van der Waals surface area contributed by atoms with Crippen molar-refractivity contribution in [2.45, 2.75) is 25.8 Å². The van der Waals surface area contributed by atoms with E-state index in [0.717, 1.165) is 19.4 Å². The molecule has 1 aromatic rings. The first kappa shape index (κ1) is 13.4. The number of carbonyl (C=O) groups excluding carboxylic acids is 1. The van der Waals surface area contributed by atoms with Crippen molar-refractivity contribution in [3.63, 3.8) is 0 Å². The fourth-order valence-electron chi connectivity index (χ4n) is 2.26. The minimum absolute atomic E-state index is 0.0224. The lowest BCUT2D eigenvalue weighted by atomic mass is 10.1. The zero-order valence-electron chi connectivity index (χ0n) is 10.8. The quantitative estimate of drug-likeness (QED) is 0.899. The molecule has 2 rings (SSSR count). The van der Waals surface area contributed by atoms with Gasteiger partial charge in [0, 0.05) is 18.2 Å². The molecule has 1 amide bonds. The van der Waals surface area contributed by atoms with Crippen LogP contribution in [0.2, 0.25) is 0 Å². The molecule has 0 aromatic heterocycles. The maximum absolute atomic E-state index is 12.3. The minimum atomic E-state index is -1.04. The van der Waals surface area contributed by atoms with Gasteiger partial charge in [-0.15, -0.1) is 0 Å². The summed E-state index contributed by atoms with van der Waals surface area (Å²) in [6, 6.07) is 6.92. The molecular weight excluding hydrogens is 246 g/mol. The van der Waals surface area contributed by atoms with E-state index >= 15 is 0 Å². The summed E-state index contributed by atoms with van der Waals surface area (Å²) in [5, 5.41) is 8.56. The molecule has 5 nitrogen and oxygen atoms in total. The van der Waals surface area contributed by atoms with E-state index in [2.05, 4.69) is 0 Å². The smallest absolute Gasteiger partial charge is 0.341 e. The van der Waals surface area contributed by atoms with Crippen LogP contribution in [0.15, 0.2) is 24.3 Å². The van der Waals surface area contributed by atoms with Crippen molar-refractivity contribution >= 4 is 11.9 Å². The van der Waals surface area contributed by atoms with Crippen LogP contribution >= 0.6 is 0 Å². The van der Waals surface area contributed by atoms with Gasteiger partial charge in [-0.2, -0.15) is 0 Å². The third-order valence-corrected chi connectivity index (χ3v) is 3.26. The van der Waals surface area contributed by atoms with Gasteiger partial charge >= 0.3 is 5.97 Å². The Kier molecular flexibility index (Phi) is 4.04. The number of hydrogen-bond donors (Lipinski definition) is 1. The predicted octanol–water partition coefficient (Wildman–Crippen LogP) is 1.77. The molecule has 1 saturated heterocycles. The van der Waals surface area contributed by atoms with Gasteiger partial charge < -0.3 is 14.7 Å². The van der Waals surface area contributed by atoms with E-state index in [0.29, 0.717) is 11.3 Å². The molecule has 1 aromatic carbocycles. The Labute approximate surface area is 111 Å². The number of hydrogen-bond acceptors (Lipinski definition) is 3. The summed E-state index contributed by atoms with van der Waals surface area (Å²) in [5.41, 5.74) is 0.539. The highest BCUT2D eigenvalue weighted by atomic mass is 16.5. The third-order valence-electron chi connectivity index (χ3n) is 3.26. The first-order valence-electron chi connectivity index (χ1n) is 6.33. The van der Waals surface area contributed by atoms with E-state index in [1.54, 1.807) is 24.3 Å². The number of carboxylic acids is 1. The number of likely N-dealkylation sites (tertiary alicyclic amines) is 1. The van der Waals surface area contributed by atoms with Crippen LogP contribution in [0, 0.1) is 0 Å². The van der Waals surface area contributed by atoms with Crippen LogP contribution in [-0.2, 0) is 4.79 Å². The fourth-order valence-corrected chi connectivity index (χ4v) is 2.26. The number of benzene rings is 1. The van der Waals surface area contributed by atoms with E-state index in [1.807, 2.05) is 11.8 Å². The van der Waals surface area contributed by atoms with Crippen LogP contribution in [0.1, 0.15) is 30.1 Å². The number of ether oxygens (including phenoxy) is 1. The lowest BCUT2D eigenvalue weighted by molar-refractivity contribution is -0.139. The number of carbonyl (C=O) groups is 2. The standard InChI is InChI=1S/C14H17NO4/c1-10-4-3-7-15(10)14(18)11-5-2-6-12(8-11)19-9-13(16)17/h2,5-6,8,10H,3-4,7,9H2,1H3,(H,16,17). The molecule has 1 atom stereocenters. The molecule has 1 heterocycles.